The van der Waals surface area contributed by atoms with Crippen LogP contribution in [0.25, 0.3) is 22.5 Å². The molecule has 5 rings (SSSR count). The van der Waals surface area contributed by atoms with E-state index in [0.717, 1.165) is 16.7 Å². The van der Waals surface area contributed by atoms with Crippen LogP contribution in [0.15, 0.2) is 54.6 Å². The van der Waals surface area contributed by atoms with Gasteiger partial charge in [-0.1, -0.05) is 77.1 Å². The van der Waals surface area contributed by atoms with Gasteiger partial charge in [-0.25, -0.2) is 24.4 Å². The van der Waals surface area contributed by atoms with Crippen LogP contribution in [-0.2, 0) is 51.8 Å². The number of methoxy groups -OCH3 is 1. The molecule has 17 heteroatoms. The number of fused-ring (bicyclic) bond motifs is 5. The summed E-state index contributed by atoms with van der Waals surface area (Å²) in [7, 11) is 2.70. The number of benzene rings is 3. The molecule has 0 spiro atoms. The Labute approximate surface area is 454 Å². The Balaban J connectivity index is 1.63. The molecular formula is C60H80N6O11. The Morgan fingerprint density at radius 3 is 1.99 bits per heavy atom. The fraction of sp³-hybridized carbons (Fsp3) is 0.517. The van der Waals surface area contributed by atoms with Crippen molar-refractivity contribution in [2.24, 2.45) is 11.8 Å². The summed E-state index contributed by atoms with van der Waals surface area (Å²) in [5.74, 6) is -3.97. The summed E-state index contributed by atoms with van der Waals surface area (Å²) in [6, 6.07) is 14.5. The van der Waals surface area contributed by atoms with Crippen LogP contribution >= 0.6 is 0 Å². The molecular weight excluding hydrogens is 981 g/mol. The van der Waals surface area contributed by atoms with E-state index in [1.165, 1.54) is 19.1 Å². The van der Waals surface area contributed by atoms with Crippen LogP contribution in [0.4, 0.5) is 9.59 Å². The van der Waals surface area contributed by atoms with Gasteiger partial charge in [0.05, 0.1) is 30.7 Å². The second kappa shape index (κ2) is 25.3. The average Bonchev–Trinajstić information content (AvgIpc) is 3.33. The fourth-order valence-corrected chi connectivity index (χ4v) is 9.29. The lowest BCUT2D eigenvalue weighted by Gasteiger charge is -2.32. The third-order valence-electron chi connectivity index (χ3n) is 13.2. The third-order valence-corrected chi connectivity index (χ3v) is 13.2. The van der Waals surface area contributed by atoms with Crippen molar-refractivity contribution in [3.8, 4) is 28.3 Å². The Kier molecular flexibility index (Phi) is 20.0. The average molecular weight is 1060 g/mol. The molecule has 0 radical (unpaired) electrons. The second-order valence-electron chi connectivity index (χ2n) is 23.1. The smallest absolute Gasteiger partial charge is 0.407 e. The number of aryl methyl sites for hydroxylation is 3. The highest BCUT2D eigenvalue weighted by Gasteiger charge is 2.37. The first-order valence-corrected chi connectivity index (χ1v) is 26.4. The molecule has 1 aliphatic heterocycles. The van der Waals surface area contributed by atoms with E-state index in [9.17, 15) is 24.0 Å². The number of ketones is 2. The normalized spacial score (nSPS) is 16.5. The Hall–Kier alpha value is -7.17. The largest absolute Gasteiger partial charge is 0.493 e. The van der Waals surface area contributed by atoms with Crippen molar-refractivity contribution in [3.05, 3.63) is 99.4 Å². The molecule has 4 atom stereocenters. The molecule has 416 valence electrons. The number of ether oxygens (including phenoxy) is 4. The van der Waals surface area contributed by atoms with E-state index >= 15 is 9.59 Å². The number of hydrogen-bond acceptors (Lipinski definition) is 13. The summed E-state index contributed by atoms with van der Waals surface area (Å²) < 4.78 is 22.5. The first kappa shape index (κ1) is 60.7. The topological polar surface area (TPSA) is 222 Å². The first-order valence-electron chi connectivity index (χ1n) is 26.4. The number of amides is 4. The number of hydrogen-bond donors (Lipinski definition) is 3. The minimum atomic E-state index is -1.31. The molecule has 1 aliphatic rings. The van der Waals surface area contributed by atoms with Gasteiger partial charge in [-0.15, -0.1) is 0 Å². The molecule has 4 amide bonds. The van der Waals surface area contributed by atoms with Crippen LogP contribution in [-0.4, -0.2) is 101 Å². The van der Waals surface area contributed by atoms with Gasteiger partial charge in [-0.05, 0) is 126 Å². The minimum absolute atomic E-state index is 0.0208. The van der Waals surface area contributed by atoms with Gasteiger partial charge in [-0.3, -0.25) is 19.2 Å². The first-order chi connectivity index (χ1) is 35.9. The molecule has 4 aromatic rings. The number of carbonyl (C=O) groups is 7. The molecule has 0 fully saturated rings. The lowest BCUT2D eigenvalue weighted by atomic mass is 9.86. The van der Waals surface area contributed by atoms with Crippen LogP contribution in [0, 0.1) is 32.6 Å². The van der Waals surface area contributed by atoms with E-state index in [-0.39, 0.29) is 49.8 Å². The lowest BCUT2D eigenvalue weighted by molar-refractivity contribution is -0.146. The molecule has 0 saturated heterocycles. The molecule has 1 aromatic heterocycles. The number of rotatable bonds is 15. The van der Waals surface area contributed by atoms with Gasteiger partial charge in [0, 0.05) is 62.4 Å². The molecule has 0 aliphatic carbocycles. The number of alkyl carbamates (subject to hydrolysis) is 2. The van der Waals surface area contributed by atoms with Crippen LogP contribution in [0.3, 0.4) is 0 Å². The highest BCUT2D eigenvalue weighted by Crippen LogP contribution is 2.39. The second-order valence-corrected chi connectivity index (χ2v) is 23.1. The van der Waals surface area contributed by atoms with Crippen molar-refractivity contribution in [1.29, 1.82) is 0 Å². The number of nitrogens with zero attached hydrogens (tertiary/aromatic N) is 3. The van der Waals surface area contributed by atoms with E-state index in [4.69, 9.17) is 28.9 Å². The molecule has 0 saturated carbocycles. The van der Waals surface area contributed by atoms with Gasteiger partial charge in [0.15, 0.2) is 17.4 Å². The van der Waals surface area contributed by atoms with Crippen LogP contribution in [0.1, 0.15) is 157 Å². The highest BCUT2D eigenvalue weighted by molar-refractivity contribution is 6.01. The summed E-state index contributed by atoms with van der Waals surface area (Å²) >= 11 is 0. The zero-order valence-electron chi connectivity index (χ0n) is 48.0. The Morgan fingerprint density at radius 1 is 0.805 bits per heavy atom. The molecule has 2 heterocycles. The highest BCUT2D eigenvalue weighted by atomic mass is 16.6. The SMILES string of the molecule is CCCOc1ccc2cc1-c1cc(c(CNC(=O)OC(C)(C)C)cc1C)C[C@@H](C(=O)OC)NC(=O)[C@H](C)CC(=O)[C@H]2N(C)C(=O)[C@H](CCNC(=O)OC(C)(C)C)CC(=O)c1c(C)nc(-c2ccc(C(C)(C)C)cc2)nc1C. The summed E-state index contributed by atoms with van der Waals surface area (Å²) in [4.78, 5) is 109. The van der Waals surface area contributed by atoms with Gasteiger partial charge < -0.3 is 39.8 Å². The van der Waals surface area contributed by atoms with Gasteiger partial charge in [0.1, 0.15) is 29.0 Å². The number of nitrogens with one attached hydrogen (secondary N) is 3. The van der Waals surface area contributed by atoms with Crippen LogP contribution < -0.4 is 20.7 Å². The molecule has 3 aromatic carbocycles. The zero-order chi connectivity index (χ0) is 57.3. The van der Waals surface area contributed by atoms with E-state index in [0.29, 0.717) is 63.8 Å². The van der Waals surface area contributed by atoms with Gasteiger partial charge >= 0.3 is 18.2 Å². The number of carbonyl (C=O) groups excluding carboxylic acids is 7. The van der Waals surface area contributed by atoms with E-state index in [2.05, 4.69) is 36.7 Å². The fourth-order valence-electron chi connectivity index (χ4n) is 9.29. The molecule has 3 N–H and O–H groups in total. The number of Topliss-reactive ketones (excluding diaryl/α,β-unsaturated/α-hetero) is 2. The van der Waals surface area contributed by atoms with Gasteiger partial charge in [0.25, 0.3) is 0 Å². The van der Waals surface area contributed by atoms with Crippen molar-refractivity contribution in [2.75, 3.05) is 27.3 Å². The van der Waals surface area contributed by atoms with Crippen LogP contribution in [0.5, 0.6) is 5.75 Å². The number of aromatic nitrogens is 2. The quantitative estimate of drug-likeness (QED) is 0.0574. The molecule has 4 bridgehead atoms. The maximum Gasteiger partial charge on any atom is 0.407 e. The minimum Gasteiger partial charge on any atom is -0.493 e. The third kappa shape index (κ3) is 16.4. The molecule has 17 nitrogen and oxygen atoms in total. The monoisotopic (exact) mass is 1060 g/mol. The van der Waals surface area contributed by atoms with Crippen molar-refractivity contribution >= 4 is 41.5 Å². The van der Waals surface area contributed by atoms with Crippen molar-refractivity contribution in [2.45, 2.75) is 164 Å². The van der Waals surface area contributed by atoms with Gasteiger partial charge in [0.2, 0.25) is 11.8 Å². The maximum absolute atomic E-state index is 15.3. The van der Waals surface area contributed by atoms with E-state index < -0.39 is 76.7 Å². The Morgan fingerprint density at radius 2 is 1.42 bits per heavy atom. The predicted octanol–water partition coefficient (Wildman–Crippen LogP) is 9.96. The standard InChI is InChI=1S/C60H80N6O11/c1-17-26-75-49-23-20-39-29-45(49)44-30-41(42(27-34(44)2)33-62-57(73)77-60(12,13)14)31-46(55(71)74-16)65-53(69)35(3)28-48(68)51(39)66(15)54(70)40(24-25-61-56(72)76-59(9,10)11)32-47(67)50-36(4)63-52(64-37(50)5)38-18-21-43(22-19-38)58(6,7)8/h18-23,27,29-30,35,40,46,51H,17,24-26,28,31-33H2,1-16H3,(H,61,72)(H,62,73)(H,65,69)/t35-,40-,46+,51+/m1/s1. The van der Waals surface area contributed by atoms with Crippen LogP contribution in [0.2, 0.25) is 0 Å². The summed E-state index contributed by atoms with van der Waals surface area (Å²) in [6.07, 6.45) is -1.41. The summed E-state index contributed by atoms with van der Waals surface area (Å²) in [6.45, 7) is 26.0. The number of esters is 1. The lowest BCUT2D eigenvalue weighted by Crippen LogP contribution is -2.46. The van der Waals surface area contributed by atoms with Crippen molar-refractivity contribution in [3.63, 3.8) is 0 Å². The molecule has 0 unspecified atom stereocenters. The Bertz CT molecular complexity index is 2820. The van der Waals surface area contributed by atoms with Gasteiger partial charge in [-0.2, -0.15) is 0 Å². The predicted molar refractivity (Wildman–Crippen MR) is 294 cm³/mol. The van der Waals surface area contributed by atoms with Crippen molar-refractivity contribution < 1.29 is 52.5 Å². The maximum atomic E-state index is 15.3. The van der Waals surface area contributed by atoms with E-state index in [1.54, 1.807) is 80.5 Å². The zero-order valence-corrected chi connectivity index (χ0v) is 48.0. The van der Waals surface area contributed by atoms with Crippen molar-refractivity contribution in [1.82, 2.24) is 30.8 Å². The summed E-state index contributed by atoms with van der Waals surface area (Å²) in [5, 5.41) is 8.34. The number of likely N-dealkylation sites (N-methyl/N-ethyl adjacent to an activating group) is 1. The summed E-state index contributed by atoms with van der Waals surface area (Å²) in [5.41, 5.74) is 5.05. The molecule has 77 heavy (non-hydrogen) atoms. The van der Waals surface area contributed by atoms with E-state index in [1.807, 2.05) is 50.2 Å².